The molecule has 1 N–H and O–H groups in total. The van der Waals surface area contributed by atoms with Crippen molar-refractivity contribution in [1.82, 2.24) is 5.32 Å². The van der Waals surface area contributed by atoms with Gasteiger partial charge in [0.15, 0.2) is 17.5 Å². The molecule has 1 aromatic carbocycles. The molecule has 21 heavy (non-hydrogen) atoms. The fourth-order valence-corrected chi connectivity index (χ4v) is 2.12. The first-order valence-corrected chi connectivity index (χ1v) is 6.32. The molecule has 0 aliphatic carbocycles. The summed E-state index contributed by atoms with van der Waals surface area (Å²) in [5.41, 5.74) is 0.486. The molecular formula is C15H14F3NO2. The molecule has 0 aliphatic heterocycles. The van der Waals surface area contributed by atoms with Crippen LogP contribution in [0.4, 0.5) is 13.2 Å². The van der Waals surface area contributed by atoms with E-state index in [-0.39, 0.29) is 5.56 Å². The normalized spacial score (nSPS) is 12.3. The average molecular weight is 297 g/mol. The third kappa shape index (κ3) is 3.09. The van der Waals surface area contributed by atoms with E-state index in [1.54, 1.807) is 26.8 Å². The van der Waals surface area contributed by atoms with Gasteiger partial charge >= 0.3 is 0 Å². The van der Waals surface area contributed by atoms with Crippen LogP contribution >= 0.6 is 0 Å². The number of halogens is 3. The highest BCUT2D eigenvalue weighted by atomic mass is 19.2. The lowest BCUT2D eigenvalue weighted by Gasteiger charge is -2.13. The zero-order valence-corrected chi connectivity index (χ0v) is 11.8. The number of hydrogen-bond donors (Lipinski definition) is 1. The summed E-state index contributed by atoms with van der Waals surface area (Å²) in [5.74, 6) is -3.75. The van der Waals surface area contributed by atoms with Gasteiger partial charge in [0.25, 0.3) is 5.91 Å². The second-order valence-electron chi connectivity index (χ2n) is 4.82. The maximum atomic E-state index is 13.1. The number of carbonyl (C=O) groups excluding carboxylic acids is 1. The highest BCUT2D eigenvalue weighted by molar-refractivity contribution is 5.94. The maximum Gasteiger partial charge on any atom is 0.251 e. The van der Waals surface area contributed by atoms with Crippen molar-refractivity contribution in [3.8, 4) is 0 Å². The summed E-state index contributed by atoms with van der Waals surface area (Å²) in [5, 5.41) is 2.59. The van der Waals surface area contributed by atoms with E-state index < -0.39 is 29.4 Å². The predicted molar refractivity (Wildman–Crippen MR) is 70.4 cm³/mol. The summed E-state index contributed by atoms with van der Waals surface area (Å²) in [6.07, 6.45) is 0. The summed E-state index contributed by atoms with van der Waals surface area (Å²) in [7, 11) is 0. The van der Waals surface area contributed by atoms with Crippen LogP contribution in [0.3, 0.4) is 0 Å². The number of hydrogen-bond acceptors (Lipinski definition) is 2. The van der Waals surface area contributed by atoms with Crippen LogP contribution in [0.2, 0.25) is 0 Å². The van der Waals surface area contributed by atoms with Crippen LogP contribution in [0, 0.1) is 31.3 Å². The molecule has 2 rings (SSSR count). The van der Waals surface area contributed by atoms with E-state index >= 15 is 0 Å². The average Bonchev–Trinajstić information content (AvgIpc) is 2.74. The van der Waals surface area contributed by atoms with Crippen molar-refractivity contribution in [2.45, 2.75) is 26.8 Å². The highest BCUT2D eigenvalue weighted by Gasteiger charge is 2.19. The van der Waals surface area contributed by atoms with Gasteiger partial charge in [-0.25, -0.2) is 13.2 Å². The van der Waals surface area contributed by atoms with E-state index in [0.29, 0.717) is 23.7 Å². The number of furan rings is 1. The minimum Gasteiger partial charge on any atom is -0.466 e. The van der Waals surface area contributed by atoms with Gasteiger partial charge < -0.3 is 9.73 Å². The van der Waals surface area contributed by atoms with E-state index in [1.807, 2.05) is 0 Å². The Morgan fingerprint density at radius 2 is 1.71 bits per heavy atom. The Labute approximate surface area is 119 Å². The van der Waals surface area contributed by atoms with Crippen LogP contribution in [0.1, 0.15) is 40.4 Å². The second-order valence-corrected chi connectivity index (χ2v) is 4.82. The molecule has 0 radical (unpaired) electrons. The number of amides is 1. The predicted octanol–water partition coefficient (Wildman–Crippen LogP) is 3.80. The zero-order chi connectivity index (χ0) is 15.7. The Balaban J connectivity index is 2.20. The fraction of sp³-hybridized carbons (Fsp3) is 0.267. The molecule has 0 fully saturated rings. The summed E-state index contributed by atoms with van der Waals surface area (Å²) in [4.78, 5) is 12.0. The number of nitrogens with one attached hydrogen (secondary N) is 1. The van der Waals surface area contributed by atoms with Crippen LogP contribution in [-0.4, -0.2) is 5.91 Å². The van der Waals surface area contributed by atoms with E-state index in [1.165, 1.54) is 0 Å². The molecule has 1 atom stereocenters. The van der Waals surface area contributed by atoms with E-state index in [9.17, 15) is 18.0 Å². The minimum atomic E-state index is -1.60. The molecule has 1 aromatic heterocycles. The number of benzene rings is 1. The van der Waals surface area contributed by atoms with E-state index in [2.05, 4.69) is 5.32 Å². The minimum absolute atomic E-state index is 0.281. The molecule has 6 heteroatoms. The zero-order valence-electron chi connectivity index (χ0n) is 11.8. The Hall–Kier alpha value is -2.24. The smallest absolute Gasteiger partial charge is 0.251 e. The fourth-order valence-electron chi connectivity index (χ4n) is 2.12. The van der Waals surface area contributed by atoms with Crippen molar-refractivity contribution in [3.05, 3.63) is 58.3 Å². The molecule has 0 saturated carbocycles. The first-order chi connectivity index (χ1) is 9.79. The largest absolute Gasteiger partial charge is 0.466 e. The molecule has 1 heterocycles. The van der Waals surface area contributed by atoms with Crippen LogP contribution in [-0.2, 0) is 0 Å². The molecule has 0 spiro atoms. The summed E-state index contributed by atoms with van der Waals surface area (Å²) in [6.45, 7) is 5.24. The first-order valence-electron chi connectivity index (χ1n) is 6.32. The van der Waals surface area contributed by atoms with Crippen LogP contribution in [0.25, 0.3) is 0 Å². The Morgan fingerprint density at radius 1 is 1.14 bits per heavy atom. The maximum absolute atomic E-state index is 13.1. The monoisotopic (exact) mass is 297 g/mol. The van der Waals surface area contributed by atoms with Crippen molar-refractivity contribution in [1.29, 1.82) is 0 Å². The van der Waals surface area contributed by atoms with Gasteiger partial charge in [-0.3, -0.25) is 4.79 Å². The Kier molecular flexibility index (Phi) is 4.06. The first kappa shape index (κ1) is 15.2. The standard InChI is InChI=1S/C15H14F3NO2/c1-7-4-11(9(3)21-7)8(2)19-15(20)10-5-12(16)14(18)13(17)6-10/h4-6,8H,1-3H3,(H,19,20). The Morgan fingerprint density at radius 3 is 2.19 bits per heavy atom. The molecule has 0 aliphatic rings. The van der Waals surface area contributed by atoms with Gasteiger partial charge in [-0.2, -0.15) is 0 Å². The van der Waals surface area contributed by atoms with Gasteiger partial charge in [0, 0.05) is 11.1 Å². The lowest BCUT2D eigenvalue weighted by Crippen LogP contribution is -2.27. The van der Waals surface area contributed by atoms with E-state index in [0.717, 1.165) is 5.56 Å². The summed E-state index contributed by atoms with van der Waals surface area (Å²) < 4.78 is 44.5. The Bertz CT molecular complexity index is 671. The quantitative estimate of drug-likeness (QED) is 0.875. The third-order valence-electron chi connectivity index (χ3n) is 3.14. The van der Waals surface area contributed by atoms with Crippen LogP contribution < -0.4 is 5.32 Å². The summed E-state index contributed by atoms with van der Waals surface area (Å²) >= 11 is 0. The van der Waals surface area contributed by atoms with Crippen LogP contribution in [0.15, 0.2) is 22.6 Å². The topological polar surface area (TPSA) is 42.2 Å². The van der Waals surface area contributed by atoms with Crippen molar-refractivity contribution in [2.75, 3.05) is 0 Å². The number of rotatable bonds is 3. The van der Waals surface area contributed by atoms with Crippen LogP contribution in [0.5, 0.6) is 0 Å². The van der Waals surface area contributed by atoms with Gasteiger partial charge in [-0.1, -0.05) is 0 Å². The third-order valence-corrected chi connectivity index (χ3v) is 3.14. The van der Waals surface area contributed by atoms with Crippen molar-refractivity contribution < 1.29 is 22.4 Å². The summed E-state index contributed by atoms with van der Waals surface area (Å²) in [6, 6.07) is 2.68. The second kappa shape index (κ2) is 5.63. The van der Waals surface area contributed by atoms with Gasteiger partial charge in [-0.15, -0.1) is 0 Å². The molecule has 0 saturated heterocycles. The lowest BCUT2D eigenvalue weighted by atomic mass is 10.1. The SMILES string of the molecule is Cc1cc(C(C)NC(=O)c2cc(F)c(F)c(F)c2)c(C)o1. The molecule has 2 aromatic rings. The molecule has 0 bridgehead atoms. The molecule has 1 unspecified atom stereocenters. The van der Waals surface area contributed by atoms with Gasteiger partial charge in [0.1, 0.15) is 11.5 Å². The number of carbonyl (C=O) groups is 1. The number of aryl methyl sites for hydroxylation is 2. The van der Waals surface area contributed by atoms with Gasteiger partial charge in [0.05, 0.1) is 6.04 Å². The molecular weight excluding hydrogens is 283 g/mol. The van der Waals surface area contributed by atoms with E-state index in [4.69, 9.17) is 4.42 Å². The van der Waals surface area contributed by atoms with Crippen molar-refractivity contribution in [3.63, 3.8) is 0 Å². The molecule has 112 valence electrons. The molecule has 3 nitrogen and oxygen atoms in total. The van der Waals surface area contributed by atoms with Gasteiger partial charge in [0.2, 0.25) is 0 Å². The van der Waals surface area contributed by atoms with Crippen molar-refractivity contribution >= 4 is 5.91 Å². The molecule has 1 amide bonds. The van der Waals surface area contributed by atoms with Gasteiger partial charge in [-0.05, 0) is 39.0 Å². The lowest BCUT2D eigenvalue weighted by molar-refractivity contribution is 0.0938. The van der Waals surface area contributed by atoms with Crippen molar-refractivity contribution in [2.24, 2.45) is 0 Å². The highest BCUT2D eigenvalue weighted by Crippen LogP contribution is 2.22.